The highest BCUT2D eigenvalue weighted by Gasteiger charge is 2.23. The van der Waals surface area contributed by atoms with E-state index in [1.54, 1.807) is 0 Å². The third-order valence-electron chi connectivity index (χ3n) is 2.44. The van der Waals surface area contributed by atoms with Gasteiger partial charge in [-0.15, -0.1) is 0 Å². The van der Waals surface area contributed by atoms with E-state index in [0.717, 1.165) is 6.61 Å². The van der Waals surface area contributed by atoms with Crippen molar-refractivity contribution in [2.75, 3.05) is 6.61 Å². The maximum Gasteiger partial charge on any atom is 0.189 e. The van der Waals surface area contributed by atoms with Gasteiger partial charge in [-0.25, -0.2) is 0 Å². The van der Waals surface area contributed by atoms with E-state index in [2.05, 4.69) is 27.3 Å². The standard InChI is InChI=1S/C9H22OSi/c1-5-8-9-10-11(4,6-2)7-3/h5-9H2,1-4H3. The Morgan fingerprint density at radius 1 is 1.09 bits per heavy atom. The van der Waals surface area contributed by atoms with Gasteiger partial charge in [-0.2, -0.15) is 0 Å². The van der Waals surface area contributed by atoms with E-state index < -0.39 is 8.32 Å². The van der Waals surface area contributed by atoms with Gasteiger partial charge in [0.1, 0.15) is 0 Å². The molecule has 0 unspecified atom stereocenters. The summed E-state index contributed by atoms with van der Waals surface area (Å²) >= 11 is 0. The second-order valence-corrected chi connectivity index (χ2v) is 7.96. The smallest absolute Gasteiger partial charge is 0.189 e. The highest BCUT2D eigenvalue weighted by atomic mass is 28.4. The molecule has 0 saturated carbocycles. The molecule has 0 spiro atoms. The molecule has 0 saturated heterocycles. The maximum atomic E-state index is 5.91. The van der Waals surface area contributed by atoms with Crippen LogP contribution < -0.4 is 0 Å². The van der Waals surface area contributed by atoms with Gasteiger partial charge in [0.2, 0.25) is 0 Å². The summed E-state index contributed by atoms with van der Waals surface area (Å²) in [5, 5.41) is 0. The molecule has 11 heavy (non-hydrogen) atoms. The van der Waals surface area contributed by atoms with Crippen molar-refractivity contribution in [3.63, 3.8) is 0 Å². The zero-order chi connectivity index (χ0) is 8.74. The van der Waals surface area contributed by atoms with Crippen LogP contribution in [0.4, 0.5) is 0 Å². The Kier molecular flexibility index (Phi) is 5.87. The third kappa shape index (κ3) is 4.59. The molecule has 0 amide bonds. The van der Waals surface area contributed by atoms with Crippen molar-refractivity contribution >= 4 is 8.32 Å². The highest BCUT2D eigenvalue weighted by Crippen LogP contribution is 2.16. The monoisotopic (exact) mass is 174 g/mol. The molecule has 0 aromatic carbocycles. The van der Waals surface area contributed by atoms with Crippen molar-refractivity contribution in [3.05, 3.63) is 0 Å². The van der Waals surface area contributed by atoms with Crippen molar-refractivity contribution in [1.29, 1.82) is 0 Å². The van der Waals surface area contributed by atoms with Crippen LogP contribution in [-0.4, -0.2) is 14.9 Å². The lowest BCUT2D eigenvalue weighted by molar-refractivity contribution is 0.296. The Bertz CT molecular complexity index is 89.6. The second kappa shape index (κ2) is 5.78. The average molecular weight is 174 g/mol. The topological polar surface area (TPSA) is 9.23 Å². The zero-order valence-electron chi connectivity index (χ0n) is 8.44. The highest BCUT2D eigenvalue weighted by molar-refractivity contribution is 6.72. The van der Waals surface area contributed by atoms with Crippen LogP contribution in [0.25, 0.3) is 0 Å². The van der Waals surface area contributed by atoms with Gasteiger partial charge in [-0.1, -0.05) is 27.2 Å². The molecule has 2 heteroatoms. The van der Waals surface area contributed by atoms with E-state index >= 15 is 0 Å². The summed E-state index contributed by atoms with van der Waals surface area (Å²) in [5.74, 6) is 0. The van der Waals surface area contributed by atoms with Crippen molar-refractivity contribution in [2.24, 2.45) is 0 Å². The van der Waals surface area contributed by atoms with Crippen molar-refractivity contribution in [2.45, 2.75) is 52.2 Å². The minimum atomic E-state index is -1.23. The first-order valence-electron chi connectivity index (χ1n) is 4.82. The summed E-state index contributed by atoms with van der Waals surface area (Å²) in [7, 11) is -1.23. The van der Waals surface area contributed by atoms with Crippen LogP contribution in [0, 0.1) is 0 Å². The first-order valence-corrected chi connectivity index (χ1v) is 7.64. The maximum absolute atomic E-state index is 5.91. The molecule has 0 N–H and O–H groups in total. The molecule has 0 aliphatic rings. The molecule has 0 aromatic heterocycles. The largest absolute Gasteiger partial charge is 0.417 e. The molecule has 68 valence electrons. The van der Waals surface area contributed by atoms with Crippen LogP contribution in [0.15, 0.2) is 0 Å². The van der Waals surface area contributed by atoms with E-state index in [1.807, 2.05) is 0 Å². The van der Waals surface area contributed by atoms with Gasteiger partial charge in [-0.3, -0.25) is 0 Å². The molecule has 0 rings (SSSR count). The minimum Gasteiger partial charge on any atom is -0.417 e. The first kappa shape index (κ1) is 11.2. The summed E-state index contributed by atoms with van der Waals surface area (Å²) in [6.07, 6.45) is 2.47. The Morgan fingerprint density at radius 2 is 1.64 bits per heavy atom. The molecular formula is C9H22OSi. The first-order chi connectivity index (χ1) is 5.18. The van der Waals surface area contributed by atoms with E-state index in [9.17, 15) is 0 Å². The Morgan fingerprint density at radius 3 is 2.00 bits per heavy atom. The van der Waals surface area contributed by atoms with Crippen LogP contribution in [-0.2, 0) is 4.43 Å². The van der Waals surface area contributed by atoms with E-state index in [4.69, 9.17) is 4.43 Å². The van der Waals surface area contributed by atoms with Crippen molar-refractivity contribution < 1.29 is 4.43 Å². The normalized spacial score (nSPS) is 12.0. The van der Waals surface area contributed by atoms with Gasteiger partial charge >= 0.3 is 0 Å². The summed E-state index contributed by atoms with van der Waals surface area (Å²) in [4.78, 5) is 0. The van der Waals surface area contributed by atoms with Gasteiger partial charge in [0.15, 0.2) is 8.32 Å². The summed E-state index contributed by atoms with van der Waals surface area (Å²) in [5.41, 5.74) is 0. The van der Waals surface area contributed by atoms with Gasteiger partial charge in [0.25, 0.3) is 0 Å². The molecule has 0 aliphatic carbocycles. The summed E-state index contributed by atoms with van der Waals surface area (Å²) in [6, 6.07) is 2.51. The number of rotatable bonds is 6. The van der Waals surface area contributed by atoms with Crippen LogP contribution in [0.5, 0.6) is 0 Å². The minimum absolute atomic E-state index is 0.987. The zero-order valence-corrected chi connectivity index (χ0v) is 9.44. The molecule has 0 aromatic rings. The van der Waals surface area contributed by atoms with Crippen LogP contribution >= 0.6 is 0 Å². The predicted octanol–water partition coefficient (Wildman–Crippen LogP) is 3.42. The van der Waals surface area contributed by atoms with Gasteiger partial charge in [0.05, 0.1) is 0 Å². The molecule has 0 atom stereocenters. The lowest BCUT2D eigenvalue weighted by Gasteiger charge is -2.24. The van der Waals surface area contributed by atoms with Crippen LogP contribution in [0.2, 0.25) is 18.6 Å². The second-order valence-electron chi connectivity index (χ2n) is 3.36. The quantitative estimate of drug-likeness (QED) is 0.443. The molecule has 0 fully saturated rings. The lowest BCUT2D eigenvalue weighted by Crippen LogP contribution is -2.32. The number of hydrogen-bond acceptors (Lipinski definition) is 1. The van der Waals surface area contributed by atoms with E-state index in [0.29, 0.717) is 0 Å². The molecule has 0 bridgehead atoms. The predicted molar refractivity (Wildman–Crippen MR) is 53.4 cm³/mol. The fourth-order valence-corrected chi connectivity index (χ4v) is 2.46. The third-order valence-corrected chi connectivity index (χ3v) is 6.34. The SMILES string of the molecule is CCCCO[Si](C)(CC)CC. The van der Waals surface area contributed by atoms with Crippen LogP contribution in [0.1, 0.15) is 33.6 Å². The fourth-order valence-electron chi connectivity index (χ4n) is 0.917. The average Bonchev–Trinajstić information content (AvgIpc) is 2.05. The number of unbranched alkanes of at least 4 members (excludes halogenated alkanes) is 1. The van der Waals surface area contributed by atoms with Crippen molar-refractivity contribution in [1.82, 2.24) is 0 Å². The Labute approximate surface area is 72.3 Å². The van der Waals surface area contributed by atoms with E-state index in [1.165, 1.54) is 24.9 Å². The van der Waals surface area contributed by atoms with Gasteiger partial charge in [0, 0.05) is 6.61 Å². The van der Waals surface area contributed by atoms with Crippen molar-refractivity contribution in [3.8, 4) is 0 Å². The number of hydrogen-bond donors (Lipinski definition) is 0. The Balaban J connectivity index is 3.51. The van der Waals surface area contributed by atoms with Crippen LogP contribution in [0.3, 0.4) is 0 Å². The molecule has 0 radical (unpaired) electrons. The summed E-state index contributed by atoms with van der Waals surface area (Å²) < 4.78 is 5.91. The fraction of sp³-hybridized carbons (Fsp3) is 1.00. The lowest BCUT2D eigenvalue weighted by atomic mass is 10.4. The van der Waals surface area contributed by atoms with Gasteiger partial charge < -0.3 is 4.43 Å². The molecular weight excluding hydrogens is 152 g/mol. The molecule has 0 heterocycles. The Hall–Kier alpha value is 0.177. The van der Waals surface area contributed by atoms with E-state index in [-0.39, 0.29) is 0 Å². The van der Waals surface area contributed by atoms with Gasteiger partial charge in [-0.05, 0) is 25.1 Å². The molecule has 1 nitrogen and oxygen atoms in total. The molecule has 0 aliphatic heterocycles. The summed E-state index contributed by atoms with van der Waals surface area (Å²) in [6.45, 7) is 10.0.